The van der Waals surface area contributed by atoms with Crippen molar-refractivity contribution in [2.75, 3.05) is 0 Å². The lowest BCUT2D eigenvalue weighted by atomic mass is 10.2. The predicted octanol–water partition coefficient (Wildman–Crippen LogP) is 5.39. The molecule has 6 rings (SSSR count). The third-order valence-electron chi connectivity index (χ3n) is 5.63. The smallest absolute Gasteiger partial charge is 0.279 e. The molecule has 4 aromatic carbocycles. The van der Waals surface area contributed by atoms with E-state index in [4.69, 9.17) is 4.98 Å². The second-order valence-corrected chi connectivity index (χ2v) is 7.54. The molecule has 0 aliphatic carbocycles. The van der Waals surface area contributed by atoms with Crippen LogP contribution in [-0.2, 0) is 0 Å². The number of para-hydroxylation sites is 3. The van der Waals surface area contributed by atoms with Crippen LogP contribution in [0, 0.1) is 0 Å². The molecule has 0 aliphatic heterocycles. The molecule has 5 heteroatoms. The largest absolute Gasteiger partial charge is 0.357 e. The van der Waals surface area contributed by atoms with E-state index in [-0.39, 0.29) is 5.69 Å². The first-order chi connectivity index (χ1) is 15.8. The van der Waals surface area contributed by atoms with Crippen LogP contribution in [0.4, 0.5) is 0 Å². The van der Waals surface area contributed by atoms with Crippen LogP contribution >= 0.6 is 0 Å². The van der Waals surface area contributed by atoms with Crippen LogP contribution in [-0.4, -0.2) is 19.1 Å². The Morgan fingerprint density at radius 2 is 1.06 bits per heavy atom. The topological polar surface area (TPSA) is 52.7 Å². The highest BCUT2D eigenvalue weighted by Gasteiger charge is 2.19. The third kappa shape index (κ3) is 2.83. The van der Waals surface area contributed by atoms with Gasteiger partial charge in [0, 0.05) is 16.3 Å². The van der Waals surface area contributed by atoms with Crippen molar-refractivity contribution in [3.8, 4) is 23.0 Å². The highest BCUT2D eigenvalue weighted by Crippen LogP contribution is 2.31. The average Bonchev–Trinajstić information content (AvgIpc) is 3.19. The molecule has 2 aromatic heterocycles. The molecule has 0 spiro atoms. The number of benzene rings is 4. The molecule has 0 atom stereocenters. The van der Waals surface area contributed by atoms with Gasteiger partial charge in [0.05, 0.1) is 16.7 Å². The maximum absolute atomic E-state index is 13.4. The second kappa shape index (κ2) is 7.32. The standard InChI is InChI=1S/C27H18N4O/c32-27-29-25(19-11-3-1-4-12-19)28-26(30(27)20-13-5-2-6-14-20)31-23-17-9-7-15-21(23)22-16-8-10-18-24(22)31/h1-18H. The van der Waals surface area contributed by atoms with E-state index in [0.717, 1.165) is 27.4 Å². The lowest BCUT2D eigenvalue weighted by Crippen LogP contribution is -2.27. The fourth-order valence-corrected chi connectivity index (χ4v) is 4.20. The summed E-state index contributed by atoms with van der Waals surface area (Å²) in [6.45, 7) is 0. The van der Waals surface area contributed by atoms with Gasteiger partial charge in [-0.25, -0.2) is 9.36 Å². The summed E-state index contributed by atoms with van der Waals surface area (Å²) in [6, 6.07) is 35.5. The van der Waals surface area contributed by atoms with Gasteiger partial charge in [0.15, 0.2) is 5.82 Å². The molecule has 0 fully saturated rings. The summed E-state index contributed by atoms with van der Waals surface area (Å²) in [7, 11) is 0. The molecule has 0 N–H and O–H groups in total. The summed E-state index contributed by atoms with van der Waals surface area (Å²) in [5.41, 5.74) is 3.11. The van der Waals surface area contributed by atoms with Gasteiger partial charge in [0.25, 0.3) is 0 Å². The molecule has 2 heterocycles. The summed E-state index contributed by atoms with van der Waals surface area (Å²) in [4.78, 5) is 22.7. The molecular formula is C27H18N4O. The SMILES string of the molecule is O=c1nc(-c2ccccc2)nc(-n2c3ccccc3c3ccccc32)n1-c1ccccc1. The second-order valence-electron chi connectivity index (χ2n) is 7.54. The van der Waals surface area contributed by atoms with Gasteiger partial charge in [-0.2, -0.15) is 9.97 Å². The summed E-state index contributed by atoms with van der Waals surface area (Å²) >= 11 is 0. The summed E-state index contributed by atoms with van der Waals surface area (Å²) < 4.78 is 3.62. The molecule has 0 aliphatic rings. The van der Waals surface area contributed by atoms with Gasteiger partial charge in [-0.15, -0.1) is 0 Å². The minimum Gasteiger partial charge on any atom is -0.279 e. The van der Waals surface area contributed by atoms with E-state index in [2.05, 4.69) is 29.2 Å². The van der Waals surface area contributed by atoms with Gasteiger partial charge >= 0.3 is 5.69 Å². The normalized spacial score (nSPS) is 11.2. The Bertz CT molecular complexity index is 1580. The fraction of sp³-hybridized carbons (Fsp3) is 0. The molecule has 0 saturated carbocycles. The van der Waals surface area contributed by atoms with Crippen molar-refractivity contribution in [2.24, 2.45) is 0 Å². The van der Waals surface area contributed by atoms with E-state index in [1.807, 2.05) is 89.5 Å². The van der Waals surface area contributed by atoms with Crippen LogP contribution < -0.4 is 5.69 Å². The Labute approximate surface area is 183 Å². The summed E-state index contributed by atoms with van der Waals surface area (Å²) in [5.74, 6) is 0.909. The van der Waals surface area contributed by atoms with E-state index < -0.39 is 0 Å². The Hall–Kier alpha value is -4.51. The molecular weight excluding hydrogens is 396 g/mol. The van der Waals surface area contributed by atoms with E-state index >= 15 is 0 Å². The molecule has 0 saturated heterocycles. The fourth-order valence-electron chi connectivity index (χ4n) is 4.20. The molecule has 6 aromatic rings. The van der Waals surface area contributed by atoms with E-state index in [9.17, 15) is 4.79 Å². The summed E-state index contributed by atoms with van der Waals surface area (Å²) in [6.07, 6.45) is 0. The van der Waals surface area contributed by atoms with Gasteiger partial charge in [-0.3, -0.25) is 4.57 Å². The van der Waals surface area contributed by atoms with Crippen LogP contribution in [0.15, 0.2) is 114 Å². The zero-order chi connectivity index (χ0) is 21.5. The van der Waals surface area contributed by atoms with Gasteiger partial charge in [0.1, 0.15) is 0 Å². The maximum atomic E-state index is 13.4. The van der Waals surface area contributed by atoms with E-state index in [1.54, 1.807) is 4.57 Å². The van der Waals surface area contributed by atoms with Crippen LogP contribution in [0.5, 0.6) is 0 Å². The first kappa shape index (κ1) is 18.3. The van der Waals surface area contributed by atoms with Crippen molar-refractivity contribution in [2.45, 2.75) is 0 Å². The number of rotatable bonds is 3. The van der Waals surface area contributed by atoms with Crippen LogP contribution in [0.1, 0.15) is 0 Å². The highest BCUT2D eigenvalue weighted by molar-refractivity contribution is 6.08. The van der Waals surface area contributed by atoms with E-state index in [0.29, 0.717) is 17.5 Å². The average molecular weight is 414 g/mol. The van der Waals surface area contributed by atoms with Gasteiger partial charge < -0.3 is 0 Å². The molecule has 152 valence electrons. The first-order valence-electron chi connectivity index (χ1n) is 10.4. The molecule has 0 amide bonds. The zero-order valence-corrected chi connectivity index (χ0v) is 17.1. The van der Waals surface area contributed by atoms with Crippen molar-refractivity contribution < 1.29 is 0 Å². The van der Waals surface area contributed by atoms with Crippen LogP contribution in [0.2, 0.25) is 0 Å². The number of aromatic nitrogens is 4. The lowest BCUT2D eigenvalue weighted by Gasteiger charge is -2.15. The van der Waals surface area contributed by atoms with Crippen molar-refractivity contribution in [1.82, 2.24) is 19.1 Å². The molecule has 0 unspecified atom stereocenters. The van der Waals surface area contributed by atoms with Crippen molar-refractivity contribution >= 4 is 21.8 Å². The van der Waals surface area contributed by atoms with Crippen molar-refractivity contribution in [3.63, 3.8) is 0 Å². The van der Waals surface area contributed by atoms with Gasteiger partial charge in [-0.05, 0) is 24.3 Å². The predicted molar refractivity (Wildman–Crippen MR) is 127 cm³/mol. The van der Waals surface area contributed by atoms with Crippen molar-refractivity contribution in [3.05, 3.63) is 120 Å². The number of nitrogens with zero attached hydrogens (tertiary/aromatic N) is 4. The molecule has 0 bridgehead atoms. The highest BCUT2D eigenvalue weighted by atomic mass is 16.1. The zero-order valence-electron chi connectivity index (χ0n) is 17.1. The number of fused-ring (bicyclic) bond motifs is 3. The van der Waals surface area contributed by atoms with Crippen LogP contribution in [0.25, 0.3) is 44.8 Å². The van der Waals surface area contributed by atoms with Gasteiger partial charge in [0.2, 0.25) is 5.95 Å². The Morgan fingerprint density at radius 3 is 1.69 bits per heavy atom. The minimum atomic E-state index is -0.373. The quantitative estimate of drug-likeness (QED) is 0.390. The Kier molecular flexibility index (Phi) is 4.18. The molecule has 5 nitrogen and oxygen atoms in total. The summed E-state index contributed by atoms with van der Waals surface area (Å²) in [5, 5.41) is 2.21. The number of hydrogen-bond donors (Lipinski definition) is 0. The number of hydrogen-bond acceptors (Lipinski definition) is 3. The Balaban J connectivity index is 1.78. The first-order valence-corrected chi connectivity index (χ1v) is 10.4. The molecule has 32 heavy (non-hydrogen) atoms. The van der Waals surface area contributed by atoms with Crippen LogP contribution in [0.3, 0.4) is 0 Å². The van der Waals surface area contributed by atoms with E-state index in [1.165, 1.54) is 0 Å². The van der Waals surface area contributed by atoms with Crippen molar-refractivity contribution in [1.29, 1.82) is 0 Å². The third-order valence-corrected chi connectivity index (χ3v) is 5.63. The monoisotopic (exact) mass is 414 g/mol. The minimum absolute atomic E-state index is 0.373. The van der Waals surface area contributed by atoms with Gasteiger partial charge in [-0.1, -0.05) is 84.9 Å². The lowest BCUT2D eigenvalue weighted by molar-refractivity contribution is 0.809. The maximum Gasteiger partial charge on any atom is 0.357 e. The Morgan fingerprint density at radius 1 is 0.531 bits per heavy atom. The molecule has 0 radical (unpaired) electrons.